The van der Waals surface area contributed by atoms with Gasteiger partial charge >= 0.3 is 0 Å². The highest BCUT2D eigenvalue weighted by Gasteiger charge is 2.01. The number of rotatable bonds is 4. The smallest absolute Gasteiger partial charge is 0.250 e. The van der Waals surface area contributed by atoms with Gasteiger partial charge in [-0.2, -0.15) is 0 Å². The third-order valence-electron chi connectivity index (χ3n) is 3.27. The molecule has 0 atom stereocenters. The maximum Gasteiger partial charge on any atom is 0.250 e. The Balaban J connectivity index is 1.68. The fraction of sp³-hybridized carbons (Fsp3) is 0.125. The molecule has 3 rings (SSSR count). The van der Waals surface area contributed by atoms with Crippen molar-refractivity contribution in [2.24, 2.45) is 7.05 Å². The molecule has 2 heterocycles. The minimum absolute atomic E-state index is 0.00466. The molecule has 5 nitrogen and oxygen atoms in total. The fourth-order valence-corrected chi connectivity index (χ4v) is 2.02. The Labute approximate surface area is 121 Å². The van der Waals surface area contributed by atoms with Gasteiger partial charge in [0.1, 0.15) is 0 Å². The van der Waals surface area contributed by atoms with Gasteiger partial charge in [-0.25, -0.2) is 0 Å². The van der Waals surface area contributed by atoms with Crippen LogP contribution in [-0.2, 0) is 13.6 Å². The van der Waals surface area contributed by atoms with E-state index in [-0.39, 0.29) is 5.56 Å². The van der Waals surface area contributed by atoms with Crippen LogP contribution in [-0.4, -0.2) is 9.72 Å². The van der Waals surface area contributed by atoms with E-state index in [1.54, 1.807) is 30.1 Å². The summed E-state index contributed by atoms with van der Waals surface area (Å²) in [5.41, 5.74) is 2.91. The van der Waals surface area contributed by atoms with E-state index in [1.807, 2.05) is 36.4 Å². The molecule has 3 aromatic rings. The monoisotopic (exact) mass is 281 g/mol. The molecule has 0 saturated heterocycles. The van der Waals surface area contributed by atoms with Crippen molar-refractivity contribution >= 4 is 5.69 Å². The van der Waals surface area contributed by atoms with Gasteiger partial charge in [-0.1, -0.05) is 5.16 Å². The summed E-state index contributed by atoms with van der Waals surface area (Å²) in [6.07, 6.45) is 3.39. The van der Waals surface area contributed by atoms with Crippen molar-refractivity contribution in [1.29, 1.82) is 0 Å². The molecule has 0 aliphatic rings. The molecule has 106 valence electrons. The molecule has 0 bridgehead atoms. The Bertz CT molecular complexity index is 774. The second kappa shape index (κ2) is 5.66. The number of hydrogen-bond donors (Lipinski definition) is 1. The Morgan fingerprint density at radius 2 is 2.00 bits per heavy atom. The summed E-state index contributed by atoms with van der Waals surface area (Å²) in [6, 6.07) is 13.3. The number of nitrogens with one attached hydrogen (secondary N) is 1. The van der Waals surface area contributed by atoms with Crippen LogP contribution in [0.5, 0.6) is 0 Å². The second-order valence-corrected chi connectivity index (χ2v) is 4.79. The van der Waals surface area contributed by atoms with Gasteiger partial charge < -0.3 is 14.4 Å². The first-order valence-corrected chi connectivity index (χ1v) is 6.63. The molecule has 1 N–H and O–H groups in total. The van der Waals surface area contributed by atoms with Crippen LogP contribution in [0.25, 0.3) is 11.3 Å². The summed E-state index contributed by atoms with van der Waals surface area (Å²) in [5.74, 6) is 0.744. The molecule has 0 saturated carbocycles. The Kier molecular flexibility index (Phi) is 3.55. The Morgan fingerprint density at radius 1 is 1.19 bits per heavy atom. The summed E-state index contributed by atoms with van der Waals surface area (Å²) in [5, 5.41) is 6.98. The first kappa shape index (κ1) is 13.2. The SMILES string of the molecule is Cn1ccc(CNc2ccc(-c3ccno3)cc2)cc1=O. The lowest BCUT2D eigenvalue weighted by Gasteiger charge is -2.07. The van der Waals surface area contributed by atoms with Crippen molar-refractivity contribution in [3.05, 3.63) is 70.8 Å². The third-order valence-corrected chi connectivity index (χ3v) is 3.27. The van der Waals surface area contributed by atoms with E-state index < -0.39 is 0 Å². The van der Waals surface area contributed by atoms with Gasteiger partial charge in [-0.15, -0.1) is 0 Å². The fourth-order valence-electron chi connectivity index (χ4n) is 2.02. The predicted molar refractivity (Wildman–Crippen MR) is 80.9 cm³/mol. The molecule has 0 unspecified atom stereocenters. The van der Waals surface area contributed by atoms with Crippen LogP contribution in [0, 0.1) is 0 Å². The molecular weight excluding hydrogens is 266 g/mol. The van der Waals surface area contributed by atoms with Crippen LogP contribution in [0.4, 0.5) is 5.69 Å². The molecule has 0 spiro atoms. The minimum Gasteiger partial charge on any atom is -0.381 e. The van der Waals surface area contributed by atoms with Crippen molar-refractivity contribution in [2.75, 3.05) is 5.32 Å². The molecule has 5 heteroatoms. The molecule has 0 amide bonds. The summed E-state index contributed by atoms with van der Waals surface area (Å²) >= 11 is 0. The number of nitrogens with zero attached hydrogens (tertiary/aromatic N) is 2. The highest BCUT2D eigenvalue weighted by molar-refractivity contribution is 5.60. The average molecular weight is 281 g/mol. The van der Waals surface area contributed by atoms with Crippen molar-refractivity contribution in [3.8, 4) is 11.3 Å². The molecular formula is C16H15N3O2. The van der Waals surface area contributed by atoms with Gasteiger partial charge in [-0.05, 0) is 35.9 Å². The summed E-state index contributed by atoms with van der Waals surface area (Å²) in [7, 11) is 1.74. The number of hydrogen-bond acceptors (Lipinski definition) is 4. The maximum atomic E-state index is 11.5. The maximum absolute atomic E-state index is 11.5. The van der Waals surface area contributed by atoms with Crippen LogP contribution in [0.15, 0.2) is 64.2 Å². The standard InChI is InChI=1S/C16H15N3O2/c1-19-9-7-12(10-16(19)20)11-17-14-4-2-13(3-5-14)15-6-8-18-21-15/h2-10,17H,11H2,1H3. The van der Waals surface area contributed by atoms with E-state index in [9.17, 15) is 4.79 Å². The number of anilines is 1. The molecule has 0 radical (unpaired) electrons. The van der Waals surface area contributed by atoms with Gasteiger partial charge in [-0.3, -0.25) is 4.79 Å². The lowest BCUT2D eigenvalue weighted by Crippen LogP contribution is -2.16. The summed E-state index contributed by atoms with van der Waals surface area (Å²) in [6.45, 7) is 0.609. The Morgan fingerprint density at radius 3 is 2.67 bits per heavy atom. The third kappa shape index (κ3) is 3.02. The molecule has 21 heavy (non-hydrogen) atoms. The van der Waals surface area contributed by atoms with E-state index in [0.717, 1.165) is 22.6 Å². The van der Waals surface area contributed by atoms with Crippen LogP contribution >= 0.6 is 0 Å². The van der Waals surface area contributed by atoms with Gasteiger partial charge in [0, 0.05) is 43.2 Å². The van der Waals surface area contributed by atoms with Crippen LogP contribution in [0.1, 0.15) is 5.56 Å². The lowest BCUT2D eigenvalue weighted by atomic mass is 10.1. The van der Waals surface area contributed by atoms with Gasteiger partial charge in [0.05, 0.1) is 6.20 Å². The topological polar surface area (TPSA) is 60.1 Å². The minimum atomic E-state index is -0.00466. The average Bonchev–Trinajstić information content (AvgIpc) is 3.03. The van der Waals surface area contributed by atoms with E-state index in [0.29, 0.717) is 6.54 Å². The van der Waals surface area contributed by atoms with Crippen LogP contribution < -0.4 is 10.9 Å². The zero-order valence-electron chi connectivity index (χ0n) is 11.6. The van der Waals surface area contributed by atoms with Crippen molar-refractivity contribution < 1.29 is 4.52 Å². The van der Waals surface area contributed by atoms with Gasteiger partial charge in [0.2, 0.25) is 0 Å². The number of aromatic nitrogens is 2. The van der Waals surface area contributed by atoms with E-state index in [2.05, 4.69) is 10.5 Å². The van der Waals surface area contributed by atoms with E-state index in [4.69, 9.17) is 4.52 Å². The largest absolute Gasteiger partial charge is 0.381 e. The van der Waals surface area contributed by atoms with Crippen LogP contribution in [0.2, 0.25) is 0 Å². The van der Waals surface area contributed by atoms with Crippen LogP contribution in [0.3, 0.4) is 0 Å². The molecule has 2 aromatic heterocycles. The van der Waals surface area contributed by atoms with Crippen molar-refractivity contribution in [2.45, 2.75) is 6.54 Å². The quantitative estimate of drug-likeness (QED) is 0.798. The van der Waals surface area contributed by atoms with Crippen molar-refractivity contribution in [3.63, 3.8) is 0 Å². The summed E-state index contributed by atoms with van der Waals surface area (Å²) < 4.78 is 6.66. The second-order valence-electron chi connectivity index (χ2n) is 4.79. The van der Waals surface area contributed by atoms with E-state index in [1.165, 1.54) is 0 Å². The molecule has 1 aromatic carbocycles. The number of pyridine rings is 1. The van der Waals surface area contributed by atoms with Gasteiger partial charge in [0.25, 0.3) is 5.56 Å². The first-order chi connectivity index (χ1) is 10.2. The molecule has 0 aliphatic heterocycles. The molecule has 0 aliphatic carbocycles. The molecule has 0 fully saturated rings. The Hall–Kier alpha value is -2.82. The van der Waals surface area contributed by atoms with E-state index >= 15 is 0 Å². The van der Waals surface area contributed by atoms with Gasteiger partial charge in [0.15, 0.2) is 5.76 Å². The zero-order chi connectivity index (χ0) is 14.7. The zero-order valence-corrected chi connectivity index (χ0v) is 11.6. The predicted octanol–water partition coefficient (Wildman–Crippen LogP) is 2.65. The summed E-state index contributed by atoms with van der Waals surface area (Å²) in [4.78, 5) is 11.5. The highest BCUT2D eigenvalue weighted by Crippen LogP contribution is 2.20. The number of benzene rings is 1. The lowest BCUT2D eigenvalue weighted by molar-refractivity contribution is 0.432. The highest BCUT2D eigenvalue weighted by atomic mass is 16.5. The normalized spacial score (nSPS) is 10.5. The first-order valence-electron chi connectivity index (χ1n) is 6.63. The number of aryl methyl sites for hydroxylation is 1. The van der Waals surface area contributed by atoms with Crippen molar-refractivity contribution in [1.82, 2.24) is 9.72 Å².